The molecule has 92 valence electrons. The Kier molecular flexibility index (Phi) is 2.76. The first-order valence-corrected chi connectivity index (χ1v) is 6.29. The van der Waals surface area contributed by atoms with Crippen LogP contribution in [0, 0.1) is 6.92 Å². The number of pyridine rings is 1. The minimum Gasteiger partial charge on any atom is -0.383 e. The number of fused-ring (bicyclic) bond motifs is 1. The number of hydrogen-bond acceptors (Lipinski definition) is 3. The SMILES string of the molecule is Cc1ccnc(N)c1C1NCCc2ccccc21. The van der Waals surface area contributed by atoms with Crippen LogP contribution in [0.1, 0.15) is 28.3 Å². The molecule has 0 aliphatic carbocycles. The average molecular weight is 239 g/mol. The molecule has 1 aromatic heterocycles. The van der Waals surface area contributed by atoms with Crippen LogP contribution in [-0.4, -0.2) is 11.5 Å². The van der Waals surface area contributed by atoms with Gasteiger partial charge >= 0.3 is 0 Å². The van der Waals surface area contributed by atoms with Crippen molar-refractivity contribution in [2.45, 2.75) is 19.4 Å². The van der Waals surface area contributed by atoms with Gasteiger partial charge in [0, 0.05) is 18.3 Å². The summed E-state index contributed by atoms with van der Waals surface area (Å²) in [5, 5.41) is 3.55. The van der Waals surface area contributed by atoms with Crippen molar-refractivity contribution in [3.8, 4) is 0 Å². The summed E-state index contributed by atoms with van der Waals surface area (Å²) in [6.07, 6.45) is 2.84. The van der Waals surface area contributed by atoms with Gasteiger partial charge in [0.05, 0.1) is 6.04 Å². The van der Waals surface area contributed by atoms with E-state index < -0.39 is 0 Å². The fourth-order valence-electron chi connectivity index (χ4n) is 2.73. The zero-order valence-electron chi connectivity index (χ0n) is 10.5. The smallest absolute Gasteiger partial charge is 0.128 e. The highest BCUT2D eigenvalue weighted by Gasteiger charge is 2.24. The molecule has 1 aromatic carbocycles. The standard InChI is InChI=1S/C15H17N3/c1-10-6-8-18-15(16)13(10)14-12-5-3-2-4-11(12)7-9-17-14/h2-6,8,14,17H,7,9H2,1H3,(H2,16,18). The van der Waals surface area contributed by atoms with Gasteiger partial charge in [-0.3, -0.25) is 0 Å². The summed E-state index contributed by atoms with van der Waals surface area (Å²) in [5.41, 5.74) is 11.1. The number of benzene rings is 1. The van der Waals surface area contributed by atoms with E-state index in [0.29, 0.717) is 5.82 Å². The van der Waals surface area contributed by atoms with E-state index in [9.17, 15) is 0 Å². The zero-order chi connectivity index (χ0) is 12.5. The largest absolute Gasteiger partial charge is 0.383 e. The number of aromatic nitrogens is 1. The lowest BCUT2D eigenvalue weighted by Gasteiger charge is -2.28. The third kappa shape index (κ3) is 1.77. The lowest BCUT2D eigenvalue weighted by Crippen LogP contribution is -2.31. The highest BCUT2D eigenvalue weighted by Crippen LogP contribution is 2.32. The molecular weight excluding hydrogens is 222 g/mol. The van der Waals surface area contributed by atoms with E-state index in [1.165, 1.54) is 16.7 Å². The quantitative estimate of drug-likeness (QED) is 0.802. The second-order valence-corrected chi connectivity index (χ2v) is 4.76. The van der Waals surface area contributed by atoms with Crippen molar-refractivity contribution in [1.29, 1.82) is 0 Å². The first kappa shape index (κ1) is 11.2. The molecule has 3 nitrogen and oxygen atoms in total. The third-order valence-corrected chi connectivity index (χ3v) is 3.64. The van der Waals surface area contributed by atoms with Crippen LogP contribution in [0.15, 0.2) is 36.5 Å². The molecular formula is C15H17N3. The predicted octanol–water partition coefficient (Wildman–Crippen LogP) is 2.21. The zero-order valence-corrected chi connectivity index (χ0v) is 10.5. The summed E-state index contributed by atoms with van der Waals surface area (Å²) in [6.45, 7) is 3.07. The summed E-state index contributed by atoms with van der Waals surface area (Å²) in [7, 11) is 0. The number of anilines is 1. The summed E-state index contributed by atoms with van der Waals surface area (Å²) >= 11 is 0. The second-order valence-electron chi connectivity index (χ2n) is 4.76. The number of nitrogen functional groups attached to an aromatic ring is 1. The molecule has 0 amide bonds. The molecule has 0 saturated carbocycles. The maximum Gasteiger partial charge on any atom is 0.128 e. The number of aryl methyl sites for hydroxylation is 1. The van der Waals surface area contributed by atoms with Gasteiger partial charge in [0.15, 0.2) is 0 Å². The monoisotopic (exact) mass is 239 g/mol. The van der Waals surface area contributed by atoms with E-state index in [1.807, 2.05) is 6.07 Å². The van der Waals surface area contributed by atoms with Crippen LogP contribution in [0.5, 0.6) is 0 Å². The van der Waals surface area contributed by atoms with Crippen molar-refractivity contribution >= 4 is 5.82 Å². The van der Waals surface area contributed by atoms with Crippen molar-refractivity contribution in [2.24, 2.45) is 0 Å². The van der Waals surface area contributed by atoms with Gasteiger partial charge in [0.2, 0.25) is 0 Å². The Balaban J connectivity index is 2.14. The number of hydrogen-bond donors (Lipinski definition) is 2. The molecule has 1 unspecified atom stereocenters. The molecule has 2 heterocycles. The molecule has 1 aliphatic rings. The Bertz CT molecular complexity index is 557. The van der Waals surface area contributed by atoms with E-state index in [2.05, 4.69) is 41.5 Å². The van der Waals surface area contributed by atoms with Gasteiger partial charge in [-0.1, -0.05) is 24.3 Å². The highest BCUT2D eigenvalue weighted by molar-refractivity contribution is 5.51. The number of nitrogens with two attached hydrogens (primary N) is 1. The minimum atomic E-state index is 0.170. The molecule has 0 saturated heterocycles. The van der Waals surface area contributed by atoms with Crippen molar-refractivity contribution in [1.82, 2.24) is 10.3 Å². The van der Waals surface area contributed by atoms with Crippen LogP contribution in [0.2, 0.25) is 0 Å². The molecule has 1 atom stereocenters. The van der Waals surface area contributed by atoms with E-state index in [-0.39, 0.29) is 6.04 Å². The summed E-state index contributed by atoms with van der Waals surface area (Å²) in [4.78, 5) is 4.23. The molecule has 3 heteroatoms. The lowest BCUT2D eigenvalue weighted by atomic mass is 9.88. The highest BCUT2D eigenvalue weighted by atomic mass is 14.9. The molecule has 0 fully saturated rings. The Labute approximate surface area is 107 Å². The Morgan fingerprint density at radius 3 is 2.94 bits per heavy atom. The van der Waals surface area contributed by atoms with Crippen LogP contribution in [0.3, 0.4) is 0 Å². The third-order valence-electron chi connectivity index (χ3n) is 3.64. The normalized spacial score (nSPS) is 18.4. The van der Waals surface area contributed by atoms with E-state index in [4.69, 9.17) is 5.73 Å². The Morgan fingerprint density at radius 2 is 2.11 bits per heavy atom. The van der Waals surface area contributed by atoms with Crippen LogP contribution in [-0.2, 0) is 6.42 Å². The molecule has 0 bridgehead atoms. The first-order chi connectivity index (χ1) is 8.77. The predicted molar refractivity (Wildman–Crippen MR) is 73.4 cm³/mol. The summed E-state index contributed by atoms with van der Waals surface area (Å²) in [5.74, 6) is 0.629. The molecule has 18 heavy (non-hydrogen) atoms. The maximum absolute atomic E-state index is 6.06. The second kappa shape index (κ2) is 4.42. The molecule has 1 aliphatic heterocycles. The maximum atomic E-state index is 6.06. The fraction of sp³-hybridized carbons (Fsp3) is 0.267. The van der Waals surface area contributed by atoms with Crippen molar-refractivity contribution in [2.75, 3.05) is 12.3 Å². The summed E-state index contributed by atoms with van der Waals surface area (Å²) < 4.78 is 0. The average Bonchev–Trinajstić information content (AvgIpc) is 2.39. The van der Waals surface area contributed by atoms with Crippen LogP contribution < -0.4 is 11.1 Å². The minimum absolute atomic E-state index is 0.170. The van der Waals surface area contributed by atoms with Crippen molar-refractivity contribution in [3.63, 3.8) is 0 Å². The molecule has 3 N–H and O–H groups in total. The molecule has 0 spiro atoms. The molecule has 0 radical (unpaired) electrons. The Morgan fingerprint density at radius 1 is 1.28 bits per heavy atom. The van der Waals surface area contributed by atoms with Gasteiger partial charge in [-0.2, -0.15) is 0 Å². The van der Waals surface area contributed by atoms with Crippen LogP contribution >= 0.6 is 0 Å². The fourth-order valence-corrected chi connectivity index (χ4v) is 2.73. The van der Waals surface area contributed by atoms with Crippen LogP contribution in [0.25, 0.3) is 0 Å². The van der Waals surface area contributed by atoms with E-state index in [0.717, 1.165) is 18.5 Å². The van der Waals surface area contributed by atoms with Gasteiger partial charge in [-0.05, 0) is 36.1 Å². The number of nitrogens with one attached hydrogen (secondary N) is 1. The first-order valence-electron chi connectivity index (χ1n) is 6.29. The summed E-state index contributed by atoms with van der Waals surface area (Å²) in [6, 6.07) is 10.7. The van der Waals surface area contributed by atoms with Gasteiger partial charge in [-0.15, -0.1) is 0 Å². The number of rotatable bonds is 1. The van der Waals surface area contributed by atoms with Gasteiger partial charge in [-0.25, -0.2) is 4.98 Å². The topological polar surface area (TPSA) is 50.9 Å². The van der Waals surface area contributed by atoms with Crippen molar-refractivity contribution < 1.29 is 0 Å². The molecule has 3 rings (SSSR count). The lowest BCUT2D eigenvalue weighted by molar-refractivity contribution is 0.566. The van der Waals surface area contributed by atoms with Crippen LogP contribution in [0.4, 0.5) is 5.82 Å². The molecule has 2 aromatic rings. The van der Waals surface area contributed by atoms with E-state index >= 15 is 0 Å². The Hall–Kier alpha value is -1.87. The van der Waals surface area contributed by atoms with Gasteiger partial charge in [0.25, 0.3) is 0 Å². The van der Waals surface area contributed by atoms with Crippen molar-refractivity contribution in [3.05, 3.63) is 58.8 Å². The van der Waals surface area contributed by atoms with Gasteiger partial charge in [0.1, 0.15) is 5.82 Å². The van der Waals surface area contributed by atoms with E-state index in [1.54, 1.807) is 6.20 Å². The van der Waals surface area contributed by atoms with Gasteiger partial charge < -0.3 is 11.1 Å². The number of nitrogens with zero attached hydrogens (tertiary/aromatic N) is 1.